The molecule has 84 valence electrons. The molecule has 1 aromatic carbocycles. The van der Waals surface area contributed by atoms with Gasteiger partial charge in [0.25, 0.3) is 0 Å². The molecular formula is C10H5BrClFO3. The Morgan fingerprint density at radius 1 is 1.62 bits per heavy atom. The monoisotopic (exact) mass is 306 g/mol. The van der Waals surface area contributed by atoms with E-state index in [9.17, 15) is 9.18 Å². The summed E-state index contributed by atoms with van der Waals surface area (Å²) in [6.45, 7) is 1.47. The first-order valence-electron chi connectivity index (χ1n) is 4.23. The second-order valence-electron chi connectivity index (χ2n) is 3.22. The number of halogens is 3. The maximum atomic E-state index is 13.7. The molecule has 0 bridgehead atoms. The van der Waals surface area contributed by atoms with Gasteiger partial charge in [0, 0.05) is 5.56 Å². The molecule has 0 aliphatic heterocycles. The number of carboxylic acids is 1. The van der Waals surface area contributed by atoms with E-state index in [1.807, 2.05) is 0 Å². The molecule has 0 amide bonds. The normalized spacial score (nSPS) is 11.0. The number of carbonyl (C=O) groups is 1. The summed E-state index contributed by atoms with van der Waals surface area (Å²) in [5.74, 6) is -2.19. The molecule has 0 radical (unpaired) electrons. The number of furan rings is 1. The van der Waals surface area contributed by atoms with Gasteiger partial charge >= 0.3 is 5.97 Å². The van der Waals surface area contributed by atoms with Crippen molar-refractivity contribution in [3.05, 3.63) is 32.7 Å². The molecule has 2 aromatic rings. The Balaban J connectivity index is 2.97. The first kappa shape index (κ1) is 11.4. The number of benzene rings is 1. The summed E-state index contributed by atoms with van der Waals surface area (Å²) >= 11 is 8.80. The highest BCUT2D eigenvalue weighted by Gasteiger charge is 2.22. The van der Waals surface area contributed by atoms with Gasteiger partial charge in [-0.05, 0) is 28.9 Å². The number of rotatable bonds is 1. The average Bonchev–Trinajstić information content (AvgIpc) is 2.53. The fourth-order valence-electron chi connectivity index (χ4n) is 1.51. The zero-order chi connectivity index (χ0) is 12.0. The number of carboxylic acid groups (broad SMARTS) is 1. The van der Waals surface area contributed by atoms with Gasteiger partial charge < -0.3 is 9.52 Å². The van der Waals surface area contributed by atoms with E-state index in [1.54, 1.807) is 0 Å². The van der Waals surface area contributed by atoms with E-state index in [0.717, 1.165) is 0 Å². The molecular weight excluding hydrogens is 302 g/mol. The lowest BCUT2D eigenvalue weighted by Gasteiger charge is -1.98. The van der Waals surface area contributed by atoms with Crippen molar-refractivity contribution in [2.75, 3.05) is 0 Å². The molecule has 0 aliphatic rings. The topological polar surface area (TPSA) is 50.4 Å². The lowest BCUT2D eigenvalue weighted by molar-refractivity contribution is 0.0664. The summed E-state index contributed by atoms with van der Waals surface area (Å²) in [6.07, 6.45) is 0. The molecule has 3 nitrogen and oxygen atoms in total. The Morgan fingerprint density at radius 2 is 2.25 bits per heavy atom. The molecule has 0 unspecified atom stereocenters. The van der Waals surface area contributed by atoms with Crippen molar-refractivity contribution in [1.29, 1.82) is 0 Å². The van der Waals surface area contributed by atoms with Crippen LogP contribution in [0.3, 0.4) is 0 Å². The van der Waals surface area contributed by atoms with E-state index in [-0.39, 0.29) is 27.3 Å². The third-order valence-corrected chi connectivity index (χ3v) is 3.10. The van der Waals surface area contributed by atoms with Gasteiger partial charge in [0.15, 0.2) is 11.4 Å². The van der Waals surface area contributed by atoms with Gasteiger partial charge in [-0.25, -0.2) is 9.18 Å². The molecule has 0 saturated carbocycles. The third kappa shape index (κ3) is 1.51. The van der Waals surface area contributed by atoms with Crippen LogP contribution in [-0.4, -0.2) is 11.1 Å². The molecule has 16 heavy (non-hydrogen) atoms. The van der Waals surface area contributed by atoms with Crippen molar-refractivity contribution in [3.8, 4) is 0 Å². The zero-order valence-electron chi connectivity index (χ0n) is 7.97. The highest BCUT2D eigenvalue weighted by molar-refractivity contribution is 9.10. The minimum Gasteiger partial charge on any atom is -0.475 e. The molecule has 0 spiro atoms. The quantitative estimate of drug-likeness (QED) is 0.810. The molecule has 1 N–H and O–H groups in total. The van der Waals surface area contributed by atoms with Gasteiger partial charge in [-0.15, -0.1) is 0 Å². The Bertz CT molecular complexity index is 606. The number of aromatic carboxylic acids is 1. The van der Waals surface area contributed by atoms with Crippen LogP contribution in [0.5, 0.6) is 0 Å². The number of aryl methyl sites for hydroxylation is 1. The van der Waals surface area contributed by atoms with Crippen LogP contribution in [0.15, 0.2) is 15.0 Å². The maximum Gasteiger partial charge on any atom is 0.372 e. The SMILES string of the molecule is Cc1c(C(=O)O)oc2c(Br)cc(Cl)c(F)c12. The number of hydrogen-bond acceptors (Lipinski definition) is 2. The maximum absolute atomic E-state index is 13.7. The van der Waals surface area contributed by atoms with E-state index in [1.165, 1.54) is 13.0 Å². The molecule has 1 aromatic heterocycles. The van der Waals surface area contributed by atoms with Gasteiger partial charge in [-0.1, -0.05) is 11.6 Å². The van der Waals surface area contributed by atoms with E-state index < -0.39 is 11.8 Å². The number of fused-ring (bicyclic) bond motifs is 1. The molecule has 0 saturated heterocycles. The van der Waals surface area contributed by atoms with Gasteiger partial charge in [-0.2, -0.15) is 0 Å². The summed E-state index contributed by atoms with van der Waals surface area (Å²) in [7, 11) is 0. The molecule has 1 heterocycles. The van der Waals surface area contributed by atoms with E-state index in [2.05, 4.69) is 15.9 Å². The predicted octanol–water partition coefficient (Wildman–Crippen LogP) is 3.99. The van der Waals surface area contributed by atoms with Crippen molar-refractivity contribution < 1.29 is 18.7 Å². The lowest BCUT2D eigenvalue weighted by atomic mass is 10.1. The Morgan fingerprint density at radius 3 is 2.81 bits per heavy atom. The van der Waals surface area contributed by atoms with Crippen LogP contribution in [0.2, 0.25) is 5.02 Å². The molecule has 0 aliphatic carbocycles. The first-order valence-corrected chi connectivity index (χ1v) is 5.40. The minimum absolute atomic E-state index is 0.0831. The second-order valence-corrected chi connectivity index (χ2v) is 4.48. The smallest absolute Gasteiger partial charge is 0.372 e. The average molecular weight is 308 g/mol. The standard InChI is InChI=1S/C10H5BrClFO3/c1-3-6-7(13)5(12)2-4(11)9(6)16-8(3)10(14)15/h2H,1H3,(H,14,15). The van der Waals surface area contributed by atoms with Crippen molar-refractivity contribution in [1.82, 2.24) is 0 Å². The van der Waals surface area contributed by atoms with E-state index >= 15 is 0 Å². The van der Waals surface area contributed by atoms with Crippen LogP contribution in [-0.2, 0) is 0 Å². The van der Waals surface area contributed by atoms with Gasteiger partial charge in [0.2, 0.25) is 5.76 Å². The predicted molar refractivity (Wildman–Crippen MR) is 60.6 cm³/mol. The Labute approximate surface area is 103 Å². The first-order chi connectivity index (χ1) is 7.43. The number of hydrogen-bond donors (Lipinski definition) is 1. The lowest BCUT2D eigenvalue weighted by Crippen LogP contribution is -1.95. The van der Waals surface area contributed by atoms with Crippen LogP contribution in [0, 0.1) is 12.7 Å². The molecule has 0 fully saturated rings. The van der Waals surface area contributed by atoms with Crippen molar-refractivity contribution in [2.45, 2.75) is 6.92 Å². The molecule has 2 rings (SSSR count). The fourth-order valence-corrected chi connectivity index (χ4v) is 2.35. The second kappa shape index (κ2) is 3.75. The van der Waals surface area contributed by atoms with Crippen molar-refractivity contribution >= 4 is 44.5 Å². The fraction of sp³-hybridized carbons (Fsp3) is 0.100. The van der Waals surface area contributed by atoms with Crippen LogP contribution >= 0.6 is 27.5 Å². The van der Waals surface area contributed by atoms with Crippen LogP contribution < -0.4 is 0 Å². The summed E-state index contributed by atoms with van der Waals surface area (Å²) in [5, 5.41) is 8.86. The van der Waals surface area contributed by atoms with Crippen LogP contribution in [0.25, 0.3) is 11.0 Å². The van der Waals surface area contributed by atoms with E-state index in [4.69, 9.17) is 21.1 Å². The Hall–Kier alpha value is -1.07. The summed E-state index contributed by atoms with van der Waals surface area (Å²) in [6, 6.07) is 1.33. The van der Waals surface area contributed by atoms with Crippen molar-refractivity contribution in [3.63, 3.8) is 0 Å². The minimum atomic E-state index is -1.24. The summed E-state index contributed by atoms with van der Waals surface area (Å²) in [5.41, 5.74) is 0.375. The third-order valence-electron chi connectivity index (χ3n) is 2.24. The molecule has 0 atom stereocenters. The highest BCUT2D eigenvalue weighted by Crippen LogP contribution is 2.36. The largest absolute Gasteiger partial charge is 0.475 e. The zero-order valence-corrected chi connectivity index (χ0v) is 10.3. The molecule has 6 heteroatoms. The van der Waals surface area contributed by atoms with Crippen molar-refractivity contribution in [2.24, 2.45) is 0 Å². The Kier molecular flexibility index (Phi) is 2.67. The highest BCUT2D eigenvalue weighted by atomic mass is 79.9. The summed E-state index contributed by atoms with van der Waals surface area (Å²) in [4.78, 5) is 10.8. The van der Waals surface area contributed by atoms with Crippen LogP contribution in [0.4, 0.5) is 4.39 Å². The summed E-state index contributed by atoms with van der Waals surface area (Å²) < 4.78 is 19.2. The van der Waals surface area contributed by atoms with Gasteiger partial charge in [-0.3, -0.25) is 0 Å². The van der Waals surface area contributed by atoms with Gasteiger partial charge in [0.1, 0.15) is 0 Å². The van der Waals surface area contributed by atoms with Crippen LogP contribution in [0.1, 0.15) is 16.1 Å². The van der Waals surface area contributed by atoms with E-state index in [0.29, 0.717) is 4.47 Å². The van der Waals surface area contributed by atoms with Gasteiger partial charge in [0.05, 0.1) is 14.9 Å².